The zero-order valence-corrected chi connectivity index (χ0v) is 17.0. The molecule has 1 saturated heterocycles. The molecule has 0 bridgehead atoms. The number of aromatic nitrogens is 2. The van der Waals surface area contributed by atoms with Crippen LogP contribution in [-0.2, 0) is 0 Å². The Morgan fingerprint density at radius 3 is 2.60 bits per heavy atom. The lowest BCUT2D eigenvalue weighted by molar-refractivity contribution is 0.477. The lowest BCUT2D eigenvalue weighted by Crippen LogP contribution is -2.27. The molecule has 30 heavy (non-hydrogen) atoms. The summed E-state index contributed by atoms with van der Waals surface area (Å²) < 4.78 is 0. The van der Waals surface area contributed by atoms with Gasteiger partial charge in [-0.25, -0.2) is 9.97 Å². The molecule has 1 aliphatic heterocycles. The zero-order chi connectivity index (χ0) is 20.5. The van der Waals surface area contributed by atoms with Crippen LogP contribution in [0.3, 0.4) is 0 Å². The van der Waals surface area contributed by atoms with Crippen molar-refractivity contribution in [1.82, 2.24) is 15.3 Å². The van der Waals surface area contributed by atoms with E-state index in [2.05, 4.69) is 39.9 Å². The molecule has 4 aromatic rings. The third kappa shape index (κ3) is 3.58. The second kappa shape index (κ2) is 7.94. The fourth-order valence-corrected chi connectivity index (χ4v) is 4.22. The molecular weight excluding hydrogens is 396 g/mol. The first-order valence-corrected chi connectivity index (χ1v) is 10.3. The monoisotopic (exact) mass is 416 g/mol. The van der Waals surface area contributed by atoms with Gasteiger partial charge < -0.3 is 15.7 Å². The van der Waals surface area contributed by atoms with Gasteiger partial charge in [-0.15, -0.1) is 0 Å². The largest absolute Gasteiger partial charge is 0.507 e. The van der Waals surface area contributed by atoms with Gasteiger partial charge in [0.05, 0.1) is 11.1 Å². The van der Waals surface area contributed by atoms with Crippen molar-refractivity contribution in [3.8, 4) is 17.1 Å². The Kier molecular flexibility index (Phi) is 4.99. The van der Waals surface area contributed by atoms with Crippen molar-refractivity contribution in [3.05, 3.63) is 83.4 Å². The highest BCUT2D eigenvalue weighted by Crippen LogP contribution is 2.33. The molecule has 2 heterocycles. The van der Waals surface area contributed by atoms with E-state index in [0.29, 0.717) is 22.3 Å². The molecule has 1 fully saturated rings. The predicted octanol–water partition coefficient (Wildman–Crippen LogP) is 4.82. The van der Waals surface area contributed by atoms with Crippen molar-refractivity contribution in [2.24, 2.45) is 0 Å². The minimum absolute atomic E-state index is 0.102. The fraction of sp³-hybridized carbons (Fsp3) is 0.167. The lowest BCUT2D eigenvalue weighted by Gasteiger charge is -2.22. The first kappa shape index (κ1) is 18.9. The summed E-state index contributed by atoms with van der Waals surface area (Å²) in [5, 5.41) is 19.0. The lowest BCUT2D eigenvalue weighted by atomic mass is 9.94. The molecule has 5 nitrogen and oxygen atoms in total. The number of nitrogens with zero attached hydrogens (tertiary/aromatic N) is 2. The maximum atomic E-state index is 10.4. The molecule has 1 aliphatic rings. The number of halogens is 1. The number of aromatic hydroxyl groups is 1. The van der Waals surface area contributed by atoms with Crippen molar-refractivity contribution >= 4 is 28.3 Å². The number of phenolic OH excluding ortho intramolecular Hbond substituents is 1. The molecule has 150 valence electrons. The molecule has 1 unspecified atom stereocenters. The summed E-state index contributed by atoms with van der Waals surface area (Å²) in [6.45, 7) is 1.75. The summed E-state index contributed by atoms with van der Waals surface area (Å²) in [6, 6.07) is 23.5. The molecule has 0 saturated carbocycles. The third-order valence-electron chi connectivity index (χ3n) is 5.57. The van der Waals surface area contributed by atoms with E-state index < -0.39 is 0 Å². The number of nitrogens with one attached hydrogen (secondary N) is 2. The summed E-state index contributed by atoms with van der Waals surface area (Å²) in [5.74, 6) is 1.64. The molecule has 2 atom stereocenters. The molecule has 0 amide bonds. The highest BCUT2D eigenvalue weighted by atomic mass is 35.5. The van der Waals surface area contributed by atoms with Gasteiger partial charge in [0.1, 0.15) is 11.6 Å². The average molecular weight is 417 g/mol. The van der Waals surface area contributed by atoms with Crippen LogP contribution >= 0.6 is 11.6 Å². The van der Waals surface area contributed by atoms with Crippen LogP contribution in [0, 0.1) is 0 Å². The summed E-state index contributed by atoms with van der Waals surface area (Å²) >= 11 is 6.16. The van der Waals surface area contributed by atoms with Gasteiger partial charge in [0.2, 0.25) is 0 Å². The molecule has 3 aromatic carbocycles. The Labute approximate surface area is 179 Å². The van der Waals surface area contributed by atoms with Crippen LogP contribution in [0.25, 0.3) is 22.3 Å². The molecule has 1 aromatic heterocycles. The van der Waals surface area contributed by atoms with Gasteiger partial charge in [-0.2, -0.15) is 0 Å². The van der Waals surface area contributed by atoms with E-state index in [9.17, 15) is 5.11 Å². The van der Waals surface area contributed by atoms with Gasteiger partial charge in [-0.1, -0.05) is 54.1 Å². The van der Waals surface area contributed by atoms with Crippen molar-refractivity contribution in [1.29, 1.82) is 0 Å². The van der Waals surface area contributed by atoms with Crippen molar-refractivity contribution < 1.29 is 5.11 Å². The second-order valence-electron chi connectivity index (χ2n) is 7.50. The van der Waals surface area contributed by atoms with Crippen molar-refractivity contribution in [3.63, 3.8) is 0 Å². The van der Waals surface area contributed by atoms with Crippen LogP contribution in [0.2, 0.25) is 5.02 Å². The Balaban J connectivity index is 1.57. The number of hydrogen-bond donors (Lipinski definition) is 3. The van der Waals surface area contributed by atoms with Crippen LogP contribution in [0.15, 0.2) is 72.8 Å². The maximum absolute atomic E-state index is 10.4. The Hall–Kier alpha value is -3.15. The van der Waals surface area contributed by atoms with Crippen LogP contribution < -0.4 is 10.6 Å². The highest BCUT2D eigenvalue weighted by molar-refractivity contribution is 6.30. The van der Waals surface area contributed by atoms with Gasteiger partial charge in [0.15, 0.2) is 5.82 Å². The topological polar surface area (TPSA) is 70.1 Å². The van der Waals surface area contributed by atoms with E-state index >= 15 is 0 Å². The molecule has 0 spiro atoms. The first-order chi connectivity index (χ1) is 14.7. The number of fused-ring (bicyclic) bond motifs is 1. The Morgan fingerprint density at radius 1 is 0.933 bits per heavy atom. The van der Waals surface area contributed by atoms with E-state index in [-0.39, 0.29) is 11.8 Å². The van der Waals surface area contributed by atoms with E-state index in [1.807, 2.05) is 30.3 Å². The normalized spacial score (nSPS) is 18.6. The van der Waals surface area contributed by atoms with Crippen LogP contribution in [-0.4, -0.2) is 34.2 Å². The first-order valence-electron chi connectivity index (χ1n) is 9.97. The zero-order valence-electron chi connectivity index (χ0n) is 16.2. The second-order valence-corrected chi connectivity index (χ2v) is 7.94. The van der Waals surface area contributed by atoms with E-state index in [0.717, 1.165) is 29.8 Å². The number of anilines is 1. The van der Waals surface area contributed by atoms with E-state index in [1.165, 1.54) is 5.56 Å². The summed E-state index contributed by atoms with van der Waals surface area (Å²) in [4.78, 5) is 9.47. The van der Waals surface area contributed by atoms with Crippen molar-refractivity contribution in [2.75, 3.05) is 18.4 Å². The summed E-state index contributed by atoms with van der Waals surface area (Å²) in [5.41, 5.74) is 2.62. The number of benzene rings is 3. The molecule has 6 heteroatoms. The SMILES string of the molecule is Oc1ccc(Cl)cc1-c1nc(NC2CNC[C@H]2c2ccccc2)c2ccccc2n1. The smallest absolute Gasteiger partial charge is 0.165 e. The number of rotatable bonds is 4. The van der Waals surface area contributed by atoms with Gasteiger partial charge in [-0.05, 0) is 35.9 Å². The van der Waals surface area contributed by atoms with Crippen molar-refractivity contribution in [2.45, 2.75) is 12.0 Å². The van der Waals surface area contributed by atoms with Gasteiger partial charge >= 0.3 is 0 Å². The van der Waals surface area contributed by atoms with Crippen LogP contribution in [0.5, 0.6) is 5.75 Å². The molecular formula is C24H21ClN4O. The molecule has 0 radical (unpaired) electrons. The maximum Gasteiger partial charge on any atom is 0.165 e. The summed E-state index contributed by atoms with van der Waals surface area (Å²) in [7, 11) is 0. The quantitative estimate of drug-likeness (QED) is 0.444. The molecule has 3 N–H and O–H groups in total. The van der Waals surface area contributed by atoms with Gasteiger partial charge in [0, 0.05) is 35.5 Å². The average Bonchev–Trinajstić information content (AvgIpc) is 3.24. The van der Waals surface area contributed by atoms with Gasteiger partial charge in [0.25, 0.3) is 0 Å². The van der Waals surface area contributed by atoms with Gasteiger partial charge in [-0.3, -0.25) is 0 Å². The summed E-state index contributed by atoms with van der Waals surface area (Å²) in [6.07, 6.45) is 0. The molecule has 5 rings (SSSR count). The fourth-order valence-electron chi connectivity index (χ4n) is 4.05. The number of hydrogen-bond acceptors (Lipinski definition) is 5. The Morgan fingerprint density at radius 2 is 1.73 bits per heavy atom. The minimum atomic E-state index is 0.102. The highest BCUT2D eigenvalue weighted by Gasteiger charge is 2.29. The number of para-hydroxylation sites is 1. The third-order valence-corrected chi connectivity index (χ3v) is 5.80. The standard InChI is InChI=1S/C24H21ClN4O/c25-16-10-11-22(30)18(12-16)24-27-20-9-5-4-8-17(20)23(29-24)28-21-14-26-13-19(21)15-6-2-1-3-7-15/h1-12,19,21,26,30H,13-14H2,(H,27,28,29)/t19-,21?/m0/s1. The molecule has 0 aliphatic carbocycles. The number of phenols is 1. The van der Waals surface area contributed by atoms with Crippen LogP contribution in [0.1, 0.15) is 11.5 Å². The van der Waals surface area contributed by atoms with E-state index in [1.54, 1.807) is 18.2 Å². The van der Waals surface area contributed by atoms with Crippen LogP contribution in [0.4, 0.5) is 5.82 Å². The Bertz CT molecular complexity index is 1200. The minimum Gasteiger partial charge on any atom is -0.507 e. The predicted molar refractivity (Wildman–Crippen MR) is 121 cm³/mol. The van der Waals surface area contributed by atoms with E-state index in [4.69, 9.17) is 16.6 Å².